The smallest absolute Gasteiger partial charge is 0.251 e. The third-order valence-electron chi connectivity index (χ3n) is 5.06. The first-order valence-corrected chi connectivity index (χ1v) is 9.13. The molecule has 0 aromatic carbocycles. The number of aromatic amines is 1. The van der Waals surface area contributed by atoms with Gasteiger partial charge in [-0.2, -0.15) is 0 Å². The molecule has 0 bridgehead atoms. The number of aromatic nitrogens is 3. The predicted molar refractivity (Wildman–Crippen MR) is 95.6 cm³/mol. The Morgan fingerprint density at radius 2 is 2.08 bits per heavy atom. The van der Waals surface area contributed by atoms with Crippen molar-refractivity contribution in [1.82, 2.24) is 19.9 Å². The van der Waals surface area contributed by atoms with E-state index in [9.17, 15) is 9.59 Å². The molecule has 0 unspecified atom stereocenters. The molecule has 7 heteroatoms. The number of hydrogen-bond acceptors (Lipinski definition) is 5. The highest BCUT2D eigenvalue weighted by atomic mass is 16.5. The average Bonchev–Trinajstić information content (AvgIpc) is 3.22. The Bertz CT molecular complexity index is 830. The second-order valence-electron chi connectivity index (χ2n) is 6.88. The molecule has 2 atom stereocenters. The number of H-pyrrole nitrogens is 1. The zero-order valence-electron chi connectivity index (χ0n) is 14.6. The fourth-order valence-corrected chi connectivity index (χ4v) is 3.72. The van der Waals surface area contributed by atoms with Gasteiger partial charge in [0.2, 0.25) is 0 Å². The number of pyridine rings is 1. The molecular weight excluding hydrogens is 332 g/mol. The third-order valence-corrected chi connectivity index (χ3v) is 5.06. The van der Waals surface area contributed by atoms with Crippen LogP contribution in [0.1, 0.15) is 37.4 Å². The molecule has 2 aliphatic rings. The first-order valence-electron chi connectivity index (χ1n) is 9.13. The third kappa shape index (κ3) is 3.53. The van der Waals surface area contributed by atoms with Crippen molar-refractivity contribution in [1.29, 1.82) is 0 Å². The highest BCUT2D eigenvalue weighted by Crippen LogP contribution is 2.27. The largest absolute Gasteiger partial charge is 0.368 e. The predicted octanol–water partition coefficient (Wildman–Crippen LogP) is 1.72. The molecule has 2 aliphatic heterocycles. The Balaban J connectivity index is 1.56. The lowest BCUT2D eigenvalue weighted by Gasteiger charge is -2.33. The minimum atomic E-state index is -0.302. The number of nitrogens with one attached hydrogen (secondary N) is 1. The molecule has 4 rings (SSSR count). The van der Waals surface area contributed by atoms with Gasteiger partial charge in [0, 0.05) is 49.6 Å². The van der Waals surface area contributed by atoms with E-state index in [1.54, 1.807) is 12.4 Å². The van der Waals surface area contributed by atoms with E-state index in [4.69, 9.17) is 4.74 Å². The lowest BCUT2D eigenvalue weighted by atomic mass is 9.96. The van der Waals surface area contributed by atoms with Crippen LogP contribution in [0, 0.1) is 0 Å². The molecule has 0 radical (unpaired) electrons. The van der Waals surface area contributed by atoms with Crippen LogP contribution in [0.4, 0.5) is 0 Å². The number of piperidine rings is 1. The Hall–Kier alpha value is -2.54. The van der Waals surface area contributed by atoms with E-state index in [1.165, 1.54) is 6.07 Å². The summed E-state index contributed by atoms with van der Waals surface area (Å²) in [5.41, 5.74) is 1.31. The number of ether oxygens (including phenoxy) is 1. The Labute approximate surface area is 151 Å². The summed E-state index contributed by atoms with van der Waals surface area (Å²) in [4.78, 5) is 38.2. The van der Waals surface area contributed by atoms with Crippen LogP contribution in [-0.4, -0.2) is 51.6 Å². The molecule has 7 nitrogen and oxygen atoms in total. The summed E-state index contributed by atoms with van der Waals surface area (Å²) in [6.07, 6.45) is 6.60. The monoisotopic (exact) mass is 354 g/mol. The normalized spacial score (nSPS) is 23.2. The van der Waals surface area contributed by atoms with Gasteiger partial charge in [0.1, 0.15) is 11.9 Å². The van der Waals surface area contributed by atoms with Crippen LogP contribution in [0.2, 0.25) is 0 Å². The molecule has 136 valence electrons. The molecule has 2 fully saturated rings. The molecule has 0 aliphatic carbocycles. The number of rotatable bonds is 3. The van der Waals surface area contributed by atoms with Crippen LogP contribution in [0.25, 0.3) is 11.3 Å². The highest BCUT2D eigenvalue weighted by molar-refractivity contribution is 5.81. The molecule has 2 aromatic heterocycles. The van der Waals surface area contributed by atoms with E-state index in [0.717, 1.165) is 37.8 Å². The van der Waals surface area contributed by atoms with Crippen molar-refractivity contribution in [3.63, 3.8) is 0 Å². The highest BCUT2D eigenvalue weighted by Gasteiger charge is 2.32. The van der Waals surface area contributed by atoms with Crippen molar-refractivity contribution in [2.24, 2.45) is 0 Å². The molecule has 0 spiro atoms. The van der Waals surface area contributed by atoms with Crippen LogP contribution in [0.3, 0.4) is 0 Å². The van der Waals surface area contributed by atoms with Crippen molar-refractivity contribution in [2.75, 3.05) is 19.7 Å². The van der Waals surface area contributed by atoms with Crippen molar-refractivity contribution in [3.05, 3.63) is 46.8 Å². The van der Waals surface area contributed by atoms with Crippen molar-refractivity contribution >= 4 is 5.91 Å². The van der Waals surface area contributed by atoms with Gasteiger partial charge >= 0.3 is 0 Å². The maximum atomic E-state index is 12.6. The minimum Gasteiger partial charge on any atom is -0.368 e. The standard InChI is InChI=1S/C19H22N4O3/c24-17-11-15(13-5-7-20-8-6-13)21-18(22-17)14-3-1-9-23(12-14)19(25)16-4-2-10-26-16/h5-8,11,14,16H,1-4,9-10,12H2,(H,21,22,24)/t14-,16+/m1/s1. The van der Waals surface area contributed by atoms with E-state index in [1.807, 2.05) is 17.0 Å². The van der Waals surface area contributed by atoms with E-state index >= 15 is 0 Å². The van der Waals surface area contributed by atoms with Crippen LogP contribution < -0.4 is 5.56 Å². The molecular formula is C19H22N4O3. The summed E-state index contributed by atoms with van der Waals surface area (Å²) < 4.78 is 5.53. The molecule has 0 saturated carbocycles. The number of nitrogens with zero attached hydrogens (tertiary/aromatic N) is 3. The Kier molecular flexibility index (Phi) is 4.79. The van der Waals surface area contributed by atoms with Gasteiger partial charge in [0.15, 0.2) is 0 Å². The van der Waals surface area contributed by atoms with Crippen LogP contribution in [-0.2, 0) is 9.53 Å². The lowest BCUT2D eigenvalue weighted by molar-refractivity contribution is -0.142. The number of carbonyl (C=O) groups excluding carboxylic acids is 1. The number of carbonyl (C=O) groups is 1. The first kappa shape index (κ1) is 16.9. The second kappa shape index (κ2) is 7.37. The zero-order valence-corrected chi connectivity index (χ0v) is 14.6. The van der Waals surface area contributed by atoms with E-state index < -0.39 is 0 Å². The summed E-state index contributed by atoms with van der Waals surface area (Å²) in [7, 11) is 0. The zero-order chi connectivity index (χ0) is 17.9. The maximum Gasteiger partial charge on any atom is 0.251 e. The van der Waals surface area contributed by atoms with Gasteiger partial charge in [-0.15, -0.1) is 0 Å². The topological polar surface area (TPSA) is 88.2 Å². The quantitative estimate of drug-likeness (QED) is 0.907. The lowest BCUT2D eigenvalue weighted by Crippen LogP contribution is -2.44. The molecule has 26 heavy (non-hydrogen) atoms. The average molecular weight is 354 g/mol. The fourth-order valence-electron chi connectivity index (χ4n) is 3.72. The molecule has 1 amide bonds. The van der Waals surface area contributed by atoms with Crippen molar-refractivity contribution in [2.45, 2.75) is 37.7 Å². The van der Waals surface area contributed by atoms with Gasteiger partial charge in [-0.1, -0.05) is 0 Å². The number of amides is 1. The summed E-state index contributed by atoms with van der Waals surface area (Å²) in [5.74, 6) is 0.748. The SMILES string of the molecule is O=C([C@@H]1CCCO1)N1CCC[C@@H](c2nc(-c3ccncc3)cc(=O)[nH]2)C1. The van der Waals surface area contributed by atoms with E-state index in [-0.39, 0.29) is 23.5 Å². The molecule has 2 aromatic rings. The summed E-state index contributed by atoms with van der Waals surface area (Å²) in [5, 5.41) is 0. The molecule has 4 heterocycles. The molecule has 2 saturated heterocycles. The van der Waals surface area contributed by atoms with Gasteiger partial charge in [0.25, 0.3) is 11.5 Å². The van der Waals surface area contributed by atoms with Gasteiger partial charge in [-0.25, -0.2) is 4.98 Å². The Morgan fingerprint density at radius 1 is 1.23 bits per heavy atom. The second-order valence-corrected chi connectivity index (χ2v) is 6.88. The van der Waals surface area contributed by atoms with Gasteiger partial charge in [-0.3, -0.25) is 14.6 Å². The molecule has 1 N–H and O–H groups in total. The van der Waals surface area contributed by atoms with Gasteiger partial charge in [-0.05, 0) is 37.8 Å². The van der Waals surface area contributed by atoms with E-state index in [0.29, 0.717) is 24.7 Å². The van der Waals surface area contributed by atoms with Gasteiger partial charge < -0.3 is 14.6 Å². The van der Waals surface area contributed by atoms with Crippen LogP contribution in [0.5, 0.6) is 0 Å². The fraction of sp³-hybridized carbons (Fsp3) is 0.474. The summed E-state index contributed by atoms with van der Waals surface area (Å²) in [6, 6.07) is 5.16. The van der Waals surface area contributed by atoms with Crippen molar-refractivity contribution < 1.29 is 9.53 Å². The summed E-state index contributed by atoms with van der Waals surface area (Å²) in [6.45, 7) is 1.97. The Morgan fingerprint density at radius 3 is 2.85 bits per heavy atom. The minimum absolute atomic E-state index is 0.0311. The van der Waals surface area contributed by atoms with Gasteiger partial charge in [0.05, 0.1) is 5.69 Å². The van der Waals surface area contributed by atoms with E-state index in [2.05, 4.69) is 15.0 Å². The summed E-state index contributed by atoms with van der Waals surface area (Å²) >= 11 is 0. The van der Waals surface area contributed by atoms with Crippen LogP contribution in [0.15, 0.2) is 35.4 Å². The number of likely N-dealkylation sites (tertiary alicyclic amines) is 1. The number of hydrogen-bond donors (Lipinski definition) is 1. The maximum absolute atomic E-state index is 12.6. The van der Waals surface area contributed by atoms with Crippen LogP contribution >= 0.6 is 0 Å². The van der Waals surface area contributed by atoms with Crippen molar-refractivity contribution in [3.8, 4) is 11.3 Å². The first-order chi connectivity index (χ1) is 12.7.